The highest BCUT2D eigenvalue weighted by atomic mass is 19.1. The molecule has 0 unspecified atom stereocenters. The van der Waals surface area contributed by atoms with Gasteiger partial charge in [0.05, 0.1) is 14.2 Å². The molecule has 3 rings (SSSR count). The number of pyridine rings is 1. The molecule has 0 saturated heterocycles. The van der Waals surface area contributed by atoms with E-state index in [0.717, 1.165) is 16.5 Å². The van der Waals surface area contributed by atoms with Crippen LogP contribution < -0.4 is 10.1 Å². The number of carbonyl (C=O) groups is 1. The van der Waals surface area contributed by atoms with E-state index in [2.05, 4.69) is 16.9 Å². The van der Waals surface area contributed by atoms with Crippen molar-refractivity contribution in [3.63, 3.8) is 0 Å². The minimum atomic E-state index is -0.513. The maximum atomic E-state index is 13.1. The van der Waals surface area contributed by atoms with Crippen molar-refractivity contribution in [2.24, 2.45) is 0 Å². The van der Waals surface area contributed by atoms with Crippen LogP contribution in [0.25, 0.3) is 10.9 Å². The maximum Gasteiger partial charge on any atom is 0.341 e. The van der Waals surface area contributed by atoms with Crippen molar-refractivity contribution in [3.05, 3.63) is 77.4 Å². The molecule has 0 aliphatic rings. The zero-order valence-electron chi connectivity index (χ0n) is 16.0. The Morgan fingerprint density at radius 3 is 2.50 bits per heavy atom. The van der Waals surface area contributed by atoms with E-state index in [1.165, 1.54) is 26.4 Å². The first-order valence-corrected chi connectivity index (χ1v) is 8.68. The molecular weight excluding hydrogens is 359 g/mol. The number of anilines is 1. The fraction of sp³-hybridized carbons (Fsp3) is 0.182. The highest BCUT2D eigenvalue weighted by Gasteiger charge is 2.20. The Kier molecular flexibility index (Phi) is 5.59. The van der Waals surface area contributed by atoms with Crippen LogP contribution in [-0.2, 0) is 11.2 Å². The Morgan fingerprint density at radius 2 is 1.89 bits per heavy atom. The molecule has 0 radical (unpaired) electrons. The summed E-state index contributed by atoms with van der Waals surface area (Å²) in [4.78, 5) is 16.7. The monoisotopic (exact) mass is 380 g/mol. The minimum Gasteiger partial charge on any atom is -0.494 e. The molecule has 6 heteroatoms. The van der Waals surface area contributed by atoms with Crippen LogP contribution in [-0.4, -0.2) is 25.2 Å². The van der Waals surface area contributed by atoms with Gasteiger partial charge in [-0.1, -0.05) is 18.7 Å². The number of carbonyl (C=O) groups excluding carboxylic acids is 1. The summed E-state index contributed by atoms with van der Waals surface area (Å²) in [6.07, 6.45) is 2.32. The van der Waals surface area contributed by atoms with E-state index in [4.69, 9.17) is 9.47 Å². The Bertz CT molecular complexity index is 1050. The van der Waals surface area contributed by atoms with Gasteiger partial charge in [-0.05, 0) is 48.7 Å². The highest BCUT2D eigenvalue weighted by molar-refractivity contribution is 6.05. The van der Waals surface area contributed by atoms with Gasteiger partial charge in [0, 0.05) is 23.0 Å². The number of ether oxygens (including phenoxy) is 2. The van der Waals surface area contributed by atoms with Gasteiger partial charge in [-0.25, -0.2) is 9.18 Å². The van der Waals surface area contributed by atoms with E-state index in [9.17, 15) is 9.18 Å². The maximum absolute atomic E-state index is 13.1. The molecule has 0 atom stereocenters. The van der Waals surface area contributed by atoms with Crippen LogP contribution in [0.3, 0.4) is 0 Å². The number of rotatable bonds is 6. The molecular formula is C22H21FN2O3. The third kappa shape index (κ3) is 3.96. The van der Waals surface area contributed by atoms with E-state index in [1.807, 2.05) is 13.0 Å². The second kappa shape index (κ2) is 8.08. The first kappa shape index (κ1) is 19.4. The summed E-state index contributed by atoms with van der Waals surface area (Å²) in [6, 6.07) is 10.00. The Morgan fingerprint density at radius 1 is 1.18 bits per heavy atom. The van der Waals surface area contributed by atoms with Gasteiger partial charge < -0.3 is 14.8 Å². The fourth-order valence-corrected chi connectivity index (χ4v) is 3.05. The van der Waals surface area contributed by atoms with Gasteiger partial charge in [0.15, 0.2) is 5.75 Å². The molecule has 0 amide bonds. The number of aromatic nitrogens is 1. The van der Waals surface area contributed by atoms with Crippen molar-refractivity contribution in [3.8, 4) is 5.75 Å². The molecule has 1 N–H and O–H groups in total. The molecule has 0 aliphatic carbocycles. The zero-order valence-corrected chi connectivity index (χ0v) is 16.0. The van der Waals surface area contributed by atoms with Crippen molar-refractivity contribution in [1.29, 1.82) is 0 Å². The van der Waals surface area contributed by atoms with Crippen LogP contribution in [0.2, 0.25) is 0 Å². The van der Waals surface area contributed by atoms with Gasteiger partial charge in [0.25, 0.3) is 0 Å². The van der Waals surface area contributed by atoms with Crippen molar-refractivity contribution in [1.82, 2.24) is 4.98 Å². The van der Waals surface area contributed by atoms with Gasteiger partial charge in [-0.3, -0.25) is 4.98 Å². The summed E-state index contributed by atoms with van der Waals surface area (Å²) in [5.74, 6) is -0.434. The van der Waals surface area contributed by atoms with Crippen LogP contribution >= 0.6 is 0 Å². The number of methoxy groups -OCH3 is 2. The number of nitrogens with one attached hydrogen (secondary N) is 1. The summed E-state index contributed by atoms with van der Waals surface area (Å²) in [7, 11) is 2.80. The number of halogens is 1. The summed E-state index contributed by atoms with van der Waals surface area (Å²) in [5.41, 5.74) is 4.12. The smallest absolute Gasteiger partial charge is 0.341 e. The molecule has 0 bridgehead atoms. The molecule has 0 fully saturated rings. The predicted octanol–water partition coefficient (Wildman–Crippen LogP) is 4.71. The number of nitrogens with zero attached hydrogens (tertiary/aromatic N) is 1. The van der Waals surface area contributed by atoms with Gasteiger partial charge in [0.2, 0.25) is 0 Å². The topological polar surface area (TPSA) is 60.5 Å². The number of benzene rings is 2. The summed E-state index contributed by atoms with van der Waals surface area (Å²) in [6.45, 7) is 5.70. The van der Waals surface area contributed by atoms with Crippen LogP contribution in [0, 0.1) is 5.82 Å². The van der Waals surface area contributed by atoms with E-state index in [0.29, 0.717) is 29.1 Å². The lowest BCUT2D eigenvalue weighted by Crippen LogP contribution is -2.07. The molecule has 28 heavy (non-hydrogen) atoms. The molecule has 5 nitrogen and oxygen atoms in total. The quantitative estimate of drug-likeness (QED) is 0.628. The second-order valence-corrected chi connectivity index (χ2v) is 6.44. The van der Waals surface area contributed by atoms with Gasteiger partial charge >= 0.3 is 5.97 Å². The summed E-state index contributed by atoms with van der Waals surface area (Å²) < 4.78 is 23.5. The van der Waals surface area contributed by atoms with Crippen LogP contribution in [0.4, 0.5) is 10.1 Å². The summed E-state index contributed by atoms with van der Waals surface area (Å²) >= 11 is 0. The third-order valence-corrected chi connectivity index (χ3v) is 4.26. The van der Waals surface area contributed by atoms with E-state index >= 15 is 0 Å². The molecule has 1 heterocycles. The molecule has 144 valence electrons. The molecule has 1 aromatic heterocycles. The SMILES string of the molecule is C=C(C)Nc1cc(C(=O)OC)c(OC)c2ncc(Cc3ccc(F)cc3)cc12. The average molecular weight is 380 g/mol. The van der Waals surface area contributed by atoms with E-state index < -0.39 is 5.97 Å². The fourth-order valence-electron chi connectivity index (χ4n) is 3.05. The number of fused-ring (bicyclic) bond motifs is 1. The van der Waals surface area contributed by atoms with Gasteiger partial charge in [-0.2, -0.15) is 0 Å². The number of esters is 1. The van der Waals surface area contributed by atoms with Crippen LogP contribution in [0.1, 0.15) is 28.4 Å². The largest absolute Gasteiger partial charge is 0.494 e. The second-order valence-electron chi connectivity index (χ2n) is 6.44. The lowest BCUT2D eigenvalue weighted by atomic mass is 10.0. The standard InChI is InChI=1S/C22H21FN2O3/c1-13(2)25-19-11-18(22(26)28-4)21(27-3)20-17(19)10-15(12-24-20)9-14-5-7-16(23)8-6-14/h5-8,10-12,25H,1,9H2,2-4H3. The molecule has 2 aromatic carbocycles. The number of hydrogen-bond donors (Lipinski definition) is 1. The lowest BCUT2D eigenvalue weighted by molar-refractivity contribution is 0.0597. The first-order chi connectivity index (χ1) is 13.4. The predicted molar refractivity (Wildman–Crippen MR) is 107 cm³/mol. The Balaban J connectivity index is 2.15. The number of hydrogen-bond acceptors (Lipinski definition) is 5. The van der Waals surface area contributed by atoms with E-state index in [-0.39, 0.29) is 11.4 Å². The lowest BCUT2D eigenvalue weighted by Gasteiger charge is -2.16. The normalized spacial score (nSPS) is 10.6. The van der Waals surface area contributed by atoms with Gasteiger partial charge in [0.1, 0.15) is 16.9 Å². The summed E-state index contributed by atoms with van der Waals surface area (Å²) in [5, 5.41) is 3.95. The molecule has 0 spiro atoms. The van der Waals surface area contributed by atoms with Gasteiger partial charge in [-0.15, -0.1) is 0 Å². The van der Waals surface area contributed by atoms with Crippen molar-refractivity contribution in [2.75, 3.05) is 19.5 Å². The highest BCUT2D eigenvalue weighted by Crippen LogP contribution is 2.36. The van der Waals surface area contributed by atoms with Crippen molar-refractivity contribution in [2.45, 2.75) is 13.3 Å². The van der Waals surface area contributed by atoms with Crippen LogP contribution in [0.15, 0.2) is 54.9 Å². The molecule has 0 aliphatic heterocycles. The Hall–Kier alpha value is -3.41. The van der Waals surface area contributed by atoms with Crippen molar-refractivity contribution < 1.29 is 18.7 Å². The first-order valence-electron chi connectivity index (χ1n) is 8.68. The molecule has 3 aromatic rings. The minimum absolute atomic E-state index is 0.270. The van der Waals surface area contributed by atoms with Crippen molar-refractivity contribution >= 4 is 22.6 Å². The van der Waals surface area contributed by atoms with E-state index in [1.54, 1.807) is 24.4 Å². The molecule has 0 saturated carbocycles. The number of allylic oxidation sites excluding steroid dienone is 1. The Labute approximate surface area is 162 Å². The third-order valence-electron chi connectivity index (χ3n) is 4.26. The average Bonchev–Trinajstić information content (AvgIpc) is 2.68. The zero-order chi connectivity index (χ0) is 20.3. The van der Waals surface area contributed by atoms with Crippen LogP contribution in [0.5, 0.6) is 5.75 Å².